The molecule has 0 fully saturated rings. The van der Waals surface area contributed by atoms with E-state index in [0.717, 1.165) is 6.42 Å². The first-order valence-corrected chi connectivity index (χ1v) is 6.94. The molecule has 0 saturated heterocycles. The third-order valence-corrected chi connectivity index (χ3v) is 3.62. The molecule has 1 rings (SSSR count). The molecule has 0 bridgehead atoms. The fourth-order valence-corrected chi connectivity index (χ4v) is 2.42. The quantitative estimate of drug-likeness (QED) is 0.485. The lowest BCUT2D eigenvalue weighted by Gasteiger charge is -2.29. The number of carbonyl (C=O) groups is 1. The summed E-state index contributed by atoms with van der Waals surface area (Å²) in [6, 6.07) is 4.35. The van der Waals surface area contributed by atoms with Crippen LogP contribution >= 0.6 is 15.9 Å². The molecule has 1 atom stereocenters. The van der Waals surface area contributed by atoms with E-state index in [2.05, 4.69) is 21.2 Å². The summed E-state index contributed by atoms with van der Waals surface area (Å²) >= 11 is 3.27. The van der Waals surface area contributed by atoms with Crippen molar-refractivity contribution < 1.29 is 14.5 Å². The molecule has 6 nitrogen and oxygen atoms in total. The Kier molecular flexibility index (Phi) is 5.50. The molecule has 110 valence electrons. The summed E-state index contributed by atoms with van der Waals surface area (Å²) in [6.45, 7) is 3.71. The Morgan fingerprint density at radius 2 is 2.20 bits per heavy atom. The summed E-state index contributed by atoms with van der Waals surface area (Å²) in [5.74, 6) is -0.371. The van der Waals surface area contributed by atoms with E-state index >= 15 is 0 Å². The van der Waals surface area contributed by atoms with Gasteiger partial charge in [0.1, 0.15) is 5.54 Å². The van der Waals surface area contributed by atoms with Crippen molar-refractivity contribution in [2.75, 3.05) is 12.4 Å². The smallest absolute Gasteiger partial charge is 0.331 e. The number of hydrogen-bond acceptors (Lipinski definition) is 5. The molecule has 1 N–H and O–H groups in total. The summed E-state index contributed by atoms with van der Waals surface area (Å²) in [6.07, 6.45) is 1.38. The van der Waals surface area contributed by atoms with Crippen molar-refractivity contribution in [3.05, 3.63) is 32.8 Å². The number of halogens is 1. The van der Waals surface area contributed by atoms with E-state index in [4.69, 9.17) is 4.74 Å². The molecule has 1 aromatic carbocycles. The number of esters is 1. The van der Waals surface area contributed by atoms with Gasteiger partial charge in [-0.15, -0.1) is 0 Å². The van der Waals surface area contributed by atoms with Crippen LogP contribution in [0.3, 0.4) is 0 Å². The third-order valence-electron chi connectivity index (χ3n) is 2.96. The Morgan fingerprint density at radius 3 is 2.65 bits per heavy atom. The number of nitro groups is 1. The number of benzene rings is 1. The number of nitrogens with zero attached hydrogens (tertiary/aromatic N) is 1. The predicted molar refractivity (Wildman–Crippen MR) is 79.7 cm³/mol. The van der Waals surface area contributed by atoms with Crippen molar-refractivity contribution in [2.45, 2.75) is 32.2 Å². The molecule has 0 aromatic heterocycles. The van der Waals surface area contributed by atoms with Crippen LogP contribution in [0.1, 0.15) is 26.7 Å². The summed E-state index contributed by atoms with van der Waals surface area (Å²) in [7, 11) is 1.34. The second-order valence-electron chi connectivity index (χ2n) is 4.62. The van der Waals surface area contributed by atoms with Gasteiger partial charge in [-0.1, -0.05) is 13.3 Å². The highest BCUT2D eigenvalue weighted by molar-refractivity contribution is 9.10. The van der Waals surface area contributed by atoms with Crippen molar-refractivity contribution in [1.29, 1.82) is 0 Å². The minimum Gasteiger partial charge on any atom is -0.467 e. The van der Waals surface area contributed by atoms with Gasteiger partial charge in [-0.05, 0) is 35.3 Å². The summed E-state index contributed by atoms with van der Waals surface area (Å²) in [5.41, 5.74) is -0.281. The van der Waals surface area contributed by atoms with Gasteiger partial charge >= 0.3 is 5.97 Å². The van der Waals surface area contributed by atoms with Crippen molar-refractivity contribution in [3.8, 4) is 0 Å². The van der Waals surface area contributed by atoms with E-state index < -0.39 is 10.5 Å². The number of carbonyl (C=O) groups excluding carboxylic acids is 1. The fourth-order valence-electron chi connectivity index (χ4n) is 1.96. The van der Waals surface area contributed by atoms with E-state index in [1.165, 1.54) is 19.2 Å². The zero-order valence-corrected chi connectivity index (χ0v) is 13.2. The molecule has 20 heavy (non-hydrogen) atoms. The minimum atomic E-state index is -0.873. The maximum absolute atomic E-state index is 11.9. The van der Waals surface area contributed by atoms with Crippen LogP contribution in [0.5, 0.6) is 0 Å². The molecule has 7 heteroatoms. The van der Waals surface area contributed by atoms with Gasteiger partial charge in [0.15, 0.2) is 0 Å². The number of anilines is 1. The van der Waals surface area contributed by atoms with Gasteiger partial charge in [-0.3, -0.25) is 10.1 Å². The molecule has 0 spiro atoms. The van der Waals surface area contributed by atoms with Crippen molar-refractivity contribution in [2.24, 2.45) is 0 Å². The molecule has 0 saturated carbocycles. The number of non-ortho nitro benzene ring substituents is 1. The molecular weight excluding hydrogens is 328 g/mol. The number of ether oxygens (including phenoxy) is 1. The standard InChI is InChI=1S/C13H17BrN2O4/c1-4-7-13(2,12(17)20-3)15-11-6-5-9(16(18)19)8-10(11)14/h5-6,8,15H,4,7H2,1-3H3. The maximum atomic E-state index is 11.9. The topological polar surface area (TPSA) is 81.5 Å². The van der Waals surface area contributed by atoms with Gasteiger partial charge in [0.2, 0.25) is 0 Å². The highest BCUT2D eigenvalue weighted by Gasteiger charge is 2.33. The molecule has 0 aliphatic heterocycles. The predicted octanol–water partition coefficient (Wildman–Crippen LogP) is 3.50. The van der Waals surface area contributed by atoms with Gasteiger partial charge < -0.3 is 10.1 Å². The van der Waals surface area contributed by atoms with Crippen LogP contribution in [-0.4, -0.2) is 23.5 Å². The molecule has 0 amide bonds. The first kappa shape index (κ1) is 16.4. The Balaban J connectivity index is 3.06. The molecule has 0 aliphatic rings. The van der Waals surface area contributed by atoms with E-state index in [0.29, 0.717) is 16.6 Å². The van der Waals surface area contributed by atoms with Crippen LogP contribution in [0.25, 0.3) is 0 Å². The second-order valence-corrected chi connectivity index (χ2v) is 5.47. The van der Waals surface area contributed by atoms with E-state index in [-0.39, 0.29) is 11.7 Å². The first-order valence-electron chi connectivity index (χ1n) is 6.14. The van der Waals surface area contributed by atoms with Gasteiger partial charge in [0, 0.05) is 22.3 Å². The first-order chi connectivity index (χ1) is 9.34. The van der Waals surface area contributed by atoms with Crippen molar-refractivity contribution >= 4 is 33.3 Å². The second kappa shape index (κ2) is 6.69. The molecule has 0 radical (unpaired) electrons. The Morgan fingerprint density at radius 1 is 1.55 bits per heavy atom. The average Bonchev–Trinajstić information content (AvgIpc) is 2.40. The number of rotatable bonds is 6. The molecule has 1 unspecified atom stereocenters. The lowest BCUT2D eigenvalue weighted by Crippen LogP contribution is -2.44. The van der Waals surface area contributed by atoms with Gasteiger partial charge in [0.05, 0.1) is 12.0 Å². The average molecular weight is 345 g/mol. The molecule has 0 heterocycles. The number of nitro benzene ring substituents is 1. The molecular formula is C13H17BrN2O4. The summed E-state index contributed by atoms with van der Waals surface area (Å²) in [5, 5.41) is 13.8. The van der Waals surface area contributed by atoms with E-state index in [1.807, 2.05) is 6.92 Å². The molecule has 1 aromatic rings. The minimum absolute atomic E-state index is 0.0160. The molecule has 0 aliphatic carbocycles. The summed E-state index contributed by atoms with van der Waals surface area (Å²) < 4.78 is 5.34. The normalized spacial score (nSPS) is 13.4. The number of nitrogens with one attached hydrogen (secondary N) is 1. The van der Waals surface area contributed by atoms with Crippen LogP contribution in [0.4, 0.5) is 11.4 Å². The van der Waals surface area contributed by atoms with Crippen LogP contribution in [0, 0.1) is 10.1 Å². The lowest BCUT2D eigenvalue weighted by atomic mass is 9.95. The van der Waals surface area contributed by atoms with Gasteiger partial charge in [-0.25, -0.2) is 4.79 Å². The number of methoxy groups -OCH3 is 1. The van der Waals surface area contributed by atoms with Crippen molar-refractivity contribution in [1.82, 2.24) is 0 Å². The van der Waals surface area contributed by atoms with Gasteiger partial charge in [0.25, 0.3) is 5.69 Å². The van der Waals surface area contributed by atoms with E-state index in [1.54, 1.807) is 13.0 Å². The third kappa shape index (κ3) is 3.69. The van der Waals surface area contributed by atoms with Crippen LogP contribution < -0.4 is 5.32 Å². The van der Waals surface area contributed by atoms with Crippen molar-refractivity contribution in [3.63, 3.8) is 0 Å². The van der Waals surface area contributed by atoms with Crippen LogP contribution in [-0.2, 0) is 9.53 Å². The van der Waals surface area contributed by atoms with Gasteiger partial charge in [-0.2, -0.15) is 0 Å². The Labute approximate surface area is 125 Å². The fraction of sp³-hybridized carbons (Fsp3) is 0.462. The lowest BCUT2D eigenvalue weighted by molar-refractivity contribution is -0.384. The Bertz CT molecular complexity index is 521. The highest BCUT2D eigenvalue weighted by atomic mass is 79.9. The SMILES string of the molecule is CCCC(C)(Nc1ccc([N+](=O)[O-])cc1Br)C(=O)OC. The maximum Gasteiger partial charge on any atom is 0.331 e. The highest BCUT2D eigenvalue weighted by Crippen LogP contribution is 2.31. The largest absolute Gasteiger partial charge is 0.467 e. The monoisotopic (exact) mass is 344 g/mol. The van der Waals surface area contributed by atoms with E-state index in [9.17, 15) is 14.9 Å². The zero-order valence-electron chi connectivity index (χ0n) is 11.6. The summed E-state index contributed by atoms with van der Waals surface area (Å²) in [4.78, 5) is 22.1. The van der Waals surface area contributed by atoms with Crippen LogP contribution in [0.2, 0.25) is 0 Å². The zero-order chi connectivity index (χ0) is 15.3. The Hall–Kier alpha value is -1.63. The number of hydrogen-bond donors (Lipinski definition) is 1. The van der Waals surface area contributed by atoms with Crippen LogP contribution in [0.15, 0.2) is 22.7 Å².